The van der Waals surface area contributed by atoms with Crippen LogP contribution in [0.3, 0.4) is 0 Å². The van der Waals surface area contributed by atoms with Crippen molar-refractivity contribution in [3.05, 3.63) is 29.3 Å². The number of nitrogens with zero attached hydrogens (tertiary/aromatic N) is 2. The van der Waals surface area contributed by atoms with Crippen molar-refractivity contribution < 1.29 is 9.53 Å². The number of carbonyl (C=O) groups is 1. The smallest absolute Gasteiger partial charge is 0.263 e. The summed E-state index contributed by atoms with van der Waals surface area (Å²) < 4.78 is 5.81. The van der Waals surface area contributed by atoms with Gasteiger partial charge >= 0.3 is 0 Å². The molecule has 0 aliphatic carbocycles. The minimum atomic E-state index is -0.430. The Morgan fingerprint density at radius 2 is 1.86 bits per heavy atom. The van der Waals surface area contributed by atoms with Crippen LogP contribution in [0.2, 0.25) is 0 Å². The predicted octanol–water partition coefficient (Wildman–Crippen LogP) is 2.23. The van der Waals surface area contributed by atoms with E-state index in [9.17, 15) is 4.79 Å². The fourth-order valence-corrected chi connectivity index (χ4v) is 2.58. The lowest BCUT2D eigenvalue weighted by atomic mass is 10.1. The van der Waals surface area contributed by atoms with Crippen LogP contribution in [-0.2, 0) is 4.79 Å². The molecule has 0 radical (unpaired) electrons. The van der Waals surface area contributed by atoms with Gasteiger partial charge in [-0.1, -0.05) is 13.0 Å². The number of piperazine rings is 1. The Kier molecular flexibility index (Phi) is 5.23. The highest BCUT2D eigenvalue weighted by atomic mass is 16.5. The van der Waals surface area contributed by atoms with Gasteiger partial charge in [0.15, 0.2) is 6.10 Å². The van der Waals surface area contributed by atoms with Crippen LogP contribution >= 0.6 is 0 Å². The maximum absolute atomic E-state index is 12.4. The van der Waals surface area contributed by atoms with E-state index >= 15 is 0 Å². The molecule has 2 rings (SSSR count). The van der Waals surface area contributed by atoms with E-state index in [4.69, 9.17) is 4.74 Å². The Balaban J connectivity index is 1.92. The van der Waals surface area contributed by atoms with E-state index in [0.717, 1.165) is 38.5 Å². The van der Waals surface area contributed by atoms with Gasteiger partial charge in [-0.15, -0.1) is 0 Å². The third-order valence-corrected chi connectivity index (χ3v) is 4.27. The zero-order valence-electron chi connectivity index (χ0n) is 13.6. The van der Waals surface area contributed by atoms with Crippen LogP contribution in [0.1, 0.15) is 25.0 Å². The molecule has 4 nitrogen and oxygen atoms in total. The molecule has 1 aromatic carbocycles. The van der Waals surface area contributed by atoms with E-state index in [0.29, 0.717) is 0 Å². The largest absolute Gasteiger partial charge is 0.481 e. The minimum Gasteiger partial charge on any atom is -0.481 e. The van der Waals surface area contributed by atoms with Gasteiger partial charge in [-0.25, -0.2) is 0 Å². The van der Waals surface area contributed by atoms with Crippen molar-refractivity contribution in [3.63, 3.8) is 0 Å². The molecule has 1 heterocycles. The van der Waals surface area contributed by atoms with Crippen molar-refractivity contribution in [1.29, 1.82) is 0 Å². The van der Waals surface area contributed by atoms with Crippen LogP contribution in [0, 0.1) is 13.8 Å². The third kappa shape index (κ3) is 3.97. The fraction of sp³-hybridized carbons (Fsp3) is 0.588. The molecule has 1 aliphatic heterocycles. The van der Waals surface area contributed by atoms with Crippen molar-refractivity contribution in [1.82, 2.24) is 9.80 Å². The topological polar surface area (TPSA) is 32.8 Å². The van der Waals surface area contributed by atoms with E-state index < -0.39 is 6.10 Å². The molecular formula is C17H26N2O2. The summed E-state index contributed by atoms with van der Waals surface area (Å²) in [5.41, 5.74) is 2.42. The molecule has 116 valence electrons. The van der Waals surface area contributed by atoms with Crippen LogP contribution in [0.25, 0.3) is 0 Å². The molecule has 0 aromatic heterocycles. The highest BCUT2D eigenvalue weighted by Crippen LogP contribution is 2.18. The Morgan fingerprint density at radius 3 is 2.43 bits per heavy atom. The van der Waals surface area contributed by atoms with Crippen LogP contribution in [-0.4, -0.2) is 54.5 Å². The average Bonchev–Trinajstić information content (AvgIpc) is 2.50. The maximum atomic E-state index is 12.4. The van der Waals surface area contributed by atoms with Gasteiger partial charge in [0.05, 0.1) is 0 Å². The monoisotopic (exact) mass is 290 g/mol. The minimum absolute atomic E-state index is 0.0870. The summed E-state index contributed by atoms with van der Waals surface area (Å²) in [5.74, 6) is 0.857. The summed E-state index contributed by atoms with van der Waals surface area (Å²) in [5, 5.41) is 0. The third-order valence-electron chi connectivity index (χ3n) is 4.27. The van der Waals surface area contributed by atoms with Crippen LogP contribution in [0.15, 0.2) is 18.2 Å². The number of amides is 1. The fourth-order valence-electron chi connectivity index (χ4n) is 2.58. The number of ether oxygens (including phenoxy) is 1. The molecule has 0 bridgehead atoms. The van der Waals surface area contributed by atoms with Crippen LogP contribution < -0.4 is 4.74 Å². The molecule has 1 atom stereocenters. The van der Waals surface area contributed by atoms with E-state index in [1.54, 1.807) is 0 Å². The van der Waals surface area contributed by atoms with Gasteiger partial charge in [0, 0.05) is 26.2 Å². The molecule has 1 amide bonds. The molecule has 1 fully saturated rings. The molecule has 4 heteroatoms. The van der Waals surface area contributed by atoms with E-state index in [-0.39, 0.29) is 5.91 Å². The zero-order valence-corrected chi connectivity index (χ0v) is 13.6. The average molecular weight is 290 g/mol. The molecule has 21 heavy (non-hydrogen) atoms. The lowest BCUT2D eigenvalue weighted by Gasteiger charge is -2.35. The number of likely N-dealkylation sites (N-methyl/N-ethyl adjacent to an activating group) is 1. The first-order valence-electron chi connectivity index (χ1n) is 7.76. The number of aryl methyl sites for hydroxylation is 2. The van der Waals surface area contributed by atoms with Gasteiger partial charge < -0.3 is 14.5 Å². The first-order valence-corrected chi connectivity index (χ1v) is 7.76. The van der Waals surface area contributed by atoms with Crippen molar-refractivity contribution in [2.75, 3.05) is 32.7 Å². The molecular weight excluding hydrogens is 264 g/mol. The van der Waals surface area contributed by atoms with Crippen molar-refractivity contribution in [3.8, 4) is 5.75 Å². The summed E-state index contributed by atoms with van der Waals surface area (Å²) in [6, 6.07) is 5.96. The highest BCUT2D eigenvalue weighted by Gasteiger charge is 2.25. The maximum Gasteiger partial charge on any atom is 0.263 e. The number of benzene rings is 1. The van der Waals surface area contributed by atoms with Crippen LogP contribution in [0.4, 0.5) is 0 Å². The van der Waals surface area contributed by atoms with Gasteiger partial charge in [0.25, 0.3) is 5.91 Å². The lowest BCUT2D eigenvalue weighted by molar-refractivity contribution is -0.139. The van der Waals surface area contributed by atoms with Crippen molar-refractivity contribution >= 4 is 5.91 Å². The second kappa shape index (κ2) is 6.94. The number of hydrogen-bond donors (Lipinski definition) is 0. The summed E-state index contributed by atoms with van der Waals surface area (Å²) in [7, 11) is 0. The Hall–Kier alpha value is -1.55. The molecule has 0 saturated carbocycles. The molecule has 0 N–H and O–H groups in total. The zero-order chi connectivity index (χ0) is 15.4. The van der Waals surface area contributed by atoms with Gasteiger partial charge in [-0.2, -0.15) is 0 Å². The molecule has 0 unspecified atom stereocenters. The molecule has 1 aliphatic rings. The van der Waals surface area contributed by atoms with Gasteiger partial charge in [-0.05, 0) is 50.6 Å². The first-order chi connectivity index (χ1) is 10.0. The SMILES string of the molecule is CCN1CCN(C(=O)[C@H](C)Oc2ccc(C)c(C)c2)CC1. The predicted molar refractivity (Wildman–Crippen MR) is 84.7 cm³/mol. The van der Waals surface area contributed by atoms with Gasteiger partial charge in [0.2, 0.25) is 0 Å². The number of rotatable bonds is 4. The normalized spacial score (nSPS) is 17.6. The highest BCUT2D eigenvalue weighted by molar-refractivity contribution is 5.81. The molecule has 1 saturated heterocycles. The standard InChI is InChI=1S/C17H26N2O2/c1-5-18-8-10-19(11-9-18)17(20)15(4)21-16-7-6-13(2)14(3)12-16/h6-7,12,15H,5,8-11H2,1-4H3/t15-/m0/s1. The number of hydrogen-bond acceptors (Lipinski definition) is 3. The quantitative estimate of drug-likeness (QED) is 0.852. The molecule has 0 spiro atoms. The van der Waals surface area contributed by atoms with Gasteiger partial charge in [0.1, 0.15) is 5.75 Å². The second-order valence-corrected chi connectivity index (χ2v) is 5.77. The van der Waals surface area contributed by atoms with Crippen molar-refractivity contribution in [2.24, 2.45) is 0 Å². The summed E-state index contributed by atoms with van der Waals surface area (Å²) in [6.45, 7) is 12.7. The lowest BCUT2D eigenvalue weighted by Crippen LogP contribution is -2.51. The molecule has 1 aromatic rings. The van der Waals surface area contributed by atoms with Crippen molar-refractivity contribution in [2.45, 2.75) is 33.8 Å². The first kappa shape index (κ1) is 15.8. The van der Waals surface area contributed by atoms with Crippen LogP contribution in [0.5, 0.6) is 5.75 Å². The Bertz CT molecular complexity index is 494. The second-order valence-electron chi connectivity index (χ2n) is 5.77. The summed E-state index contributed by atoms with van der Waals surface area (Å²) in [6.07, 6.45) is -0.430. The Labute approximate surface area is 127 Å². The Morgan fingerprint density at radius 1 is 1.19 bits per heavy atom. The van der Waals surface area contributed by atoms with E-state index in [2.05, 4.69) is 25.7 Å². The number of carbonyl (C=O) groups excluding carboxylic acids is 1. The van der Waals surface area contributed by atoms with E-state index in [1.165, 1.54) is 11.1 Å². The summed E-state index contributed by atoms with van der Waals surface area (Å²) in [4.78, 5) is 16.7. The summed E-state index contributed by atoms with van der Waals surface area (Å²) >= 11 is 0. The van der Waals surface area contributed by atoms with Gasteiger partial charge in [-0.3, -0.25) is 4.79 Å². The van der Waals surface area contributed by atoms with E-state index in [1.807, 2.05) is 30.0 Å².